The highest BCUT2D eigenvalue weighted by Gasteiger charge is 2.34. The lowest BCUT2D eigenvalue weighted by molar-refractivity contribution is 0.144. The molecule has 2 amide bonds. The number of carbonyl (C=O) groups excluding carboxylic acids is 1. The minimum atomic E-state index is -0.0677. The number of nitrogens with one attached hydrogen (secondary N) is 1. The van der Waals surface area contributed by atoms with Gasteiger partial charge in [0.25, 0.3) is 0 Å². The lowest BCUT2D eigenvalue weighted by Gasteiger charge is -2.41. The quantitative estimate of drug-likeness (QED) is 0.783. The zero-order valence-corrected chi connectivity index (χ0v) is 15.3. The summed E-state index contributed by atoms with van der Waals surface area (Å²) in [5.41, 5.74) is 1.28. The summed E-state index contributed by atoms with van der Waals surface area (Å²) in [6, 6.07) is 10.6. The number of rotatable bonds is 6. The van der Waals surface area contributed by atoms with Crippen LogP contribution in [-0.4, -0.2) is 42.3 Å². The molecule has 0 saturated carbocycles. The first-order valence-electron chi connectivity index (χ1n) is 9.05. The lowest BCUT2D eigenvalue weighted by Crippen LogP contribution is -2.50. The Morgan fingerprint density at radius 1 is 1.33 bits per heavy atom. The van der Waals surface area contributed by atoms with E-state index in [2.05, 4.69) is 36.5 Å². The van der Waals surface area contributed by atoms with Crippen molar-refractivity contribution in [2.45, 2.75) is 51.9 Å². The maximum Gasteiger partial charge on any atom is 0.317 e. The highest BCUT2D eigenvalue weighted by molar-refractivity contribution is 5.74. The standard InChI is InChI=1S/C20H32N2O2/c1-19(2,16-23)11-7-13-21-18(24)22-14-8-12-20(3,15-22)17-9-5-4-6-10-17/h4-6,9-10,23H,7-8,11-16H2,1-3H3,(H,21,24). The number of piperidine rings is 1. The number of hydrogen-bond acceptors (Lipinski definition) is 2. The lowest BCUT2D eigenvalue weighted by atomic mass is 9.76. The zero-order valence-electron chi connectivity index (χ0n) is 15.3. The van der Waals surface area contributed by atoms with E-state index in [-0.39, 0.29) is 23.5 Å². The van der Waals surface area contributed by atoms with Gasteiger partial charge < -0.3 is 15.3 Å². The highest BCUT2D eigenvalue weighted by Crippen LogP contribution is 2.33. The van der Waals surface area contributed by atoms with Crippen LogP contribution in [0, 0.1) is 5.41 Å². The molecule has 1 fully saturated rings. The summed E-state index contributed by atoms with van der Waals surface area (Å²) in [6.07, 6.45) is 3.95. The summed E-state index contributed by atoms with van der Waals surface area (Å²) < 4.78 is 0. The van der Waals surface area contributed by atoms with E-state index >= 15 is 0 Å². The van der Waals surface area contributed by atoms with Gasteiger partial charge in [-0.1, -0.05) is 51.1 Å². The smallest absolute Gasteiger partial charge is 0.317 e. The number of hydrogen-bond donors (Lipinski definition) is 2. The second kappa shape index (κ2) is 8.02. The van der Waals surface area contributed by atoms with Crippen molar-refractivity contribution in [3.8, 4) is 0 Å². The van der Waals surface area contributed by atoms with Crippen LogP contribution in [0.2, 0.25) is 0 Å². The molecule has 0 aromatic heterocycles. The first kappa shape index (κ1) is 18.8. The molecule has 1 aliphatic rings. The molecule has 1 saturated heterocycles. The second-order valence-electron chi connectivity index (χ2n) is 8.11. The Balaban J connectivity index is 1.85. The van der Waals surface area contributed by atoms with E-state index < -0.39 is 0 Å². The number of aliphatic hydroxyl groups is 1. The zero-order chi connectivity index (χ0) is 17.6. The third kappa shape index (κ3) is 4.97. The SMILES string of the molecule is CC(C)(CO)CCCNC(=O)N1CCCC(C)(c2ccccc2)C1. The average Bonchev–Trinajstić information content (AvgIpc) is 2.59. The number of amides is 2. The molecule has 0 aliphatic carbocycles. The molecule has 0 bridgehead atoms. The summed E-state index contributed by atoms with van der Waals surface area (Å²) in [6.45, 7) is 8.80. The normalized spacial score (nSPS) is 21.6. The molecular weight excluding hydrogens is 300 g/mol. The Morgan fingerprint density at radius 3 is 2.71 bits per heavy atom. The van der Waals surface area contributed by atoms with Gasteiger partial charge >= 0.3 is 6.03 Å². The number of likely N-dealkylation sites (tertiary alicyclic amines) is 1. The molecule has 1 aromatic carbocycles. The summed E-state index contributed by atoms with van der Waals surface area (Å²) in [4.78, 5) is 14.4. The third-order valence-corrected chi connectivity index (χ3v) is 5.19. The van der Waals surface area contributed by atoms with Gasteiger partial charge in [0, 0.05) is 31.7 Å². The fraction of sp³-hybridized carbons (Fsp3) is 0.650. The Kier molecular flexibility index (Phi) is 6.27. The Hall–Kier alpha value is -1.55. The maximum atomic E-state index is 12.5. The van der Waals surface area contributed by atoms with E-state index in [0.29, 0.717) is 6.54 Å². The fourth-order valence-electron chi connectivity index (χ4n) is 3.44. The maximum absolute atomic E-state index is 12.5. The second-order valence-corrected chi connectivity index (χ2v) is 8.11. The van der Waals surface area contributed by atoms with Gasteiger partial charge in [-0.2, -0.15) is 0 Å². The van der Waals surface area contributed by atoms with Crippen molar-refractivity contribution >= 4 is 6.03 Å². The van der Waals surface area contributed by atoms with E-state index in [0.717, 1.165) is 38.8 Å². The molecule has 4 nitrogen and oxygen atoms in total. The monoisotopic (exact) mass is 332 g/mol. The predicted octanol–water partition coefficient (Wildman–Crippen LogP) is 3.55. The van der Waals surface area contributed by atoms with Crippen molar-refractivity contribution in [3.05, 3.63) is 35.9 Å². The topological polar surface area (TPSA) is 52.6 Å². The molecule has 2 rings (SSSR count). The van der Waals surface area contributed by atoms with E-state index in [9.17, 15) is 9.90 Å². The Morgan fingerprint density at radius 2 is 2.04 bits per heavy atom. The molecule has 2 N–H and O–H groups in total. The molecule has 1 unspecified atom stereocenters. The van der Waals surface area contributed by atoms with E-state index in [4.69, 9.17) is 0 Å². The van der Waals surface area contributed by atoms with Crippen molar-refractivity contribution in [2.75, 3.05) is 26.2 Å². The molecule has 0 radical (unpaired) electrons. The molecule has 1 aliphatic heterocycles. The van der Waals surface area contributed by atoms with Gasteiger partial charge in [-0.25, -0.2) is 4.79 Å². The molecule has 1 atom stereocenters. The number of urea groups is 1. The summed E-state index contributed by atoms with van der Waals surface area (Å²) >= 11 is 0. The van der Waals surface area contributed by atoms with Crippen LogP contribution in [0.3, 0.4) is 0 Å². The van der Waals surface area contributed by atoms with E-state index in [1.165, 1.54) is 5.56 Å². The van der Waals surface area contributed by atoms with Gasteiger partial charge in [-0.05, 0) is 36.7 Å². The minimum absolute atomic E-state index is 0.0374. The van der Waals surface area contributed by atoms with E-state index in [1.54, 1.807) is 0 Å². The van der Waals surface area contributed by atoms with Crippen LogP contribution in [0.4, 0.5) is 4.79 Å². The van der Waals surface area contributed by atoms with Gasteiger partial charge in [0.2, 0.25) is 0 Å². The summed E-state index contributed by atoms with van der Waals surface area (Å²) in [5, 5.41) is 12.3. The molecular formula is C20H32N2O2. The molecule has 4 heteroatoms. The van der Waals surface area contributed by atoms with Crippen LogP contribution in [0.5, 0.6) is 0 Å². The summed E-state index contributed by atoms with van der Waals surface area (Å²) in [5.74, 6) is 0. The largest absolute Gasteiger partial charge is 0.396 e. The van der Waals surface area contributed by atoms with Crippen LogP contribution in [0.1, 0.15) is 52.0 Å². The van der Waals surface area contributed by atoms with Crippen molar-refractivity contribution in [3.63, 3.8) is 0 Å². The minimum Gasteiger partial charge on any atom is -0.396 e. The van der Waals surface area contributed by atoms with Gasteiger partial charge in [-0.3, -0.25) is 0 Å². The fourth-order valence-corrected chi connectivity index (χ4v) is 3.44. The highest BCUT2D eigenvalue weighted by atomic mass is 16.3. The summed E-state index contributed by atoms with van der Waals surface area (Å²) in [7, 11) is 0. The third-order valence-electron chi connectivity index (χ3n) is 5.19. The van der Waals surface area contributed by atoms with Crippen molar-refractivity contribution < 1.29 is 9.90 Å². The molecule has 134 valence electrons. The van der Waals surface area contributed by atoms with Crippen molar-refractivity contribution in [1.29, 1.82) is 0 Å². The van der Waals surface area contributed by atoms with Gasteiger partial charge in [-0.15, -0.1) is 0 Å². The van der Waals surface area contributed by atoms with Crippen LogP contribution >= 0.6 is 0 Å². The number of nitrogens with zero attached hydrogens (tertiary/aromatic N) is 1. The molecule has 24 heavy (non-hydrogen) atoms. The van der Waals surface area contributed by atoms with Crippen LogP contribution in [-0.2, 0) is 5.41 Å². The molecule has 1 heterocycles. The van der Waals surface area contributed by atoms with Gasteiger partial charge in [0.15, 0.2) is 0 Å². The number of carbonyl (C=O) groups is 1. The number of aliphatic hydroxyl groups excluding tert-OH is 1. The van der Waals surface area contributed by atoms with Crippen LogP contribution in [0.15, 0.2) is 30.3 Å². The molecule has 1 aromatic rings. The average molecular weight is 332 g/mol. The van der Waals surface area contributed by atoms with Crippen molar-refractivity contribution in [2.24, 2.45) is 5.41 Å². The Labute approximate surface area is 146 Å². The first-order chi connectivity index (χ1) is 11.4. The van der Waals surface area contributed by atoms with Crippen LogP contribution in [0.25, 0.3) is 0 Å². The van der Waals surface area contributed by atoms with E-state index in [1.807, 2.05) is 24.8 Å². The molecule has 0 spiro atoms. The number of benzene rings is 1. The van der Waals surface area contributed by atoms with Gasteiger partial charge in [0.1, 0.15) is 0 Å². The first-order valence-corrected chi connectivity index (χ1v) is 9.05. The predicted molar refractivity (Wildman–Crippen MR) is 98.1 cm³/mol. The Bertz CT molecular complexity index is 530. The van der Waals surface area contributed by atoms with Gasteiger partial charge in [0.05, 0.1) is 0 Å². The van der Waals surface area contributed by atoms with Crippen molar-refractivity contribution in [1.82, 2.24) is 10.2 Å². The van der Waals surface area contributed by atoms with Crippen LogP contribution < -0.4 is 5.32 Å².